The Morgan fingerprint density at radius 1 is 1.39 bits per heavy atom. The van der Waals surface area contributed by atoms with Crippen LogP contribution in [0.2, 0.25) is 0 Å². The van der Waals surface area contributed by atoms with Crippen LogP contribution in [0.25, 0.3) is 10.9 Å². The second kappa shape index (κ2) is 5.56. The number of pyridine rings is 1. The van der Waals surface area contributed by atoms with Crippen LogP contribution in [0.3, 0.4) is 0 Å². The van der Waals surface area contributed by atoms with E-state index < -0.39 is 0 Å². The Hall–Kier alpha value is -2.00. The third-order valence-corrected chi connectivity index (χ3v) is 2.72. The molecule has 1 heterocycles. The first-order valence-electron chi connectivity index (χ1n) is 5.93. The number of carbonyl (C=O) groups excluding carboxylic acids is 1. The highest BCUT2D eigenvalue weighted by Gasteiger charge is 2.06. The number of aromatic nitrogens is 1. The molecule has 0 spiro atoms. The van der Waals surface area contributed by atoms with Crippen molar-refractivity contribution in [2.45, 2.75) is 6.92 Å². The SMILES string of the molecule is C=CCNCC(=O)c1ccc2nc(C)ccc2c1. The van der Waals surface area contributed by atoms with Crippen molar-refractivity contribution in [3.8, 4) is 0 Å². The van der Waals surface area contributed by atoms with Gasteiger partial charge in [0.05, 0.1) is 12.1 Å². The molecular weight excluding hydrogens is 224 g/mol. The van der Waals surface area contributed by atoms with Gasteiger partial charge in [-0.1, -0.05) is 12.1 Å². The molecule has 92 valence electrons. The highest BCUT2D eigenvalue weighted by molar-refractivity contribution is 6.00. The van der Waals surface area contributed by atoms with Gasteiger partial charge in [0.1, 0.15) is 0 Å². The third kappa shape index (κ3) is 2.81. The van der Waals surface area contributed by atoms with Gasteiger partial charge in [-0.3, -0.25) is 9.78 Å². The van der Waals surface area contributed by atoms with E-state index in [1.54, 1.807) is 6.08 Å². The number of nitrogens with zero attached hydrogens (tertiary/aromatic N) is 1. The van der Waals surface area contributed by atoms with Gasteiger partial charge in [0.25, 0.3) is 0 Å². The van der Waals surface area contributed by atoms with Crippen LogP contribution < -0.4 is 5.32 Å². The molecular formula is C15H16N2O. The quantitative estimate of drug-likeness (QED) is 0.496. The minimum absolute atomic E-state index is 0.0827. The summed E-state index contributed by atoms with van der Waals surface area (Å²) in [5, 5.41) is 4.00. The predicted octanol–water partition coefficient (Wildman–Crippen LogP) is 2.50. The lowest BCUT2D eigenvalue weighted by molar-refractivity contribution is 0.0992. The first kappa shape index (κ1) is 12.5. The summed E-state index contributed by atoms with van der Waals surface area (Å²) in [6.45, 7) is 6.52. The second-order valence-electron chi connectivity index (χ2n) is 4.20. The zero-order chi connectivity index (χ0) is 13.0. The number of hydrogen-bond donors (Lipinski definition) is 1. The molecule has 1 aromatic heterocycles. The monoisotopic (exact) mass is 240 g/mol. The maximum absolute atomic E-state index is 11.9. The standard InChI is InChI=1S/C15H16N2O/c1-3-8-16-10-15(18)13-6-7-14-12(9-13)5-4-11(2)17-14/h3-7,9,16H,1,8,10H2,2H3. The van der Waals surface area contributed by atoms with Gasteiger partial charge in [-0.25, -0.2) is 0 Å². The van der Waals surface area contributed by atoms with Crippen LogP contribution in [0.1, 0.15) is 16.1 Å². The van der Waals surface area contributed by atoms with Gasteiger partial charge < -0.3 is 5.32 Å². The van der Waals surface area contributed by atoms with Crippen LogP contribution in [0.5, 0.6) is 0 Å². The van der Waals surface area contributed by atoms with Crippen molar-refractivity contribution in [1.29, 1.82) is 0 Å². The molecule has 0 aliphatic heterocycles. The van der Waals surface area contributed by atoms with Crippen molar-refractivity contribution in [2.24, 2.45) is 0 Å². The molecule has 2 rings (SSSR count). The first-order valence-corrected chi connectivity index (χ1v) is 5.93. The van der Waals surface area contributed by atoms with E-state index in [1.807, 2.05) is 37.3 Å². The molecule has 3 nitrogen and oxygen atoms in total. The lowest BCUT2D eigenvalue weighted by atomic mass is 10.1. The summed E-state index contributed by atoms with van der Waals surface area (Å²) in [5.41, 5.74) is 2.62. The molecule has 0 aliphatic rings. The van der Waals surface area contributed by atoms with Crippen LogP contribution >= 0.6 is 0 Å². The zero-order valence-electron chi connectivity index (χ0n) is 10.4. The molecule has 3 heteroatoms. The van der Waals surface area contributed by atoms with E-state index in [2.05, 4.69) is 16.9 Å². The number of fused-ring (bicyclic) bond motifs is 1. The molecule has 0 radical (unpaired) electrons. The van der Waals surface area contributed by atoms with Crippen LogP contribution in [-0.4, -0.2) is 23.9 Å². The molecule has 2 aromatic rings. The normalized spacial score (nSPS) is 10.5. The predicted molar refractivity (Wildman–Crippen MR) is 73.9 cm³/mol. The van der Waals surface area contributed by atoms with E-state index in [9.17, 15) is 4.79 Å². The number of aryl methyl sites for hydroxylation is 1. The summed E-state index contributed by atoms with van der Waals surface area (Å²) >= 11 is 0. The molecule has 0 fully saturated rings. The van der Waals surface area contributed by atoms with Crippen LogP contribution in [0.15, 0.2) is 43.0 Å². The summed E-state index contributed by atoms with van der Waals surface area (Å²) in [6.07, 6.45) is 1.74. The molecule has 18 heavy (non-hydrogen) atoms. The Balaban J connectivity index is 2.21. The van der Waals surface area contributed by atoms with Crippen LogP contribution in [0.4, 0.5) is 0 Å². The van der Waals surface area contributed by atoms with Crippen LogP contribution in [0, 0.1) is 6.92 Å². The summed E-state index contributed by atoms with van der Waals surface area (Å²) in [7, 11) is 0. The van der Waals surface area contributed by atoms with E-state index in [-0.39, 0.29) is 5.78 Å². The summed E-state index contributed by atoms with van der Waals surface area (Å²) in [5.74, 6) is 0.0827. The third-order valence-electron chi connectivity index (χ3n) is 2.72. The van der Waals surface area contributed by atoms with E-state index in [1.165, 1.54) is 0 Å². The fourth-order valence-corrected chi connectivity index (χ4v) is 1.79. The highest BCUT2D eigenvalue weighted by atomic mass is 16.1. The van der Waals surface area contributed by atoms with E-state index in [0.717, 1.165) is 16.6 Å². The van der Waals surface area contributed by atoms with Gasteiger partial charge in [-0.15, -0.1) is 6.58 Å². The van der Waals surface area contributed by atoms with Gasteiger partial charge in [-0.2, -0.15) is 0 Å². The second-order valence-corrected chi connectivity index (χ2v) is 4.20. The average Bonchev–Trinajstić information content (AvgIpc) is 2.38. The Morgan fingerprint density at radius 3 is 3.00 bits per heavy atom. The Morgan fingerprint density at radius 2 is 2.22 bits per heavy atom. The number of carbonyl (C=O) groups is 1. The molecule has 0 amide bonds. The number of ketones is 1. The minimum atomic E-state index is 0.0827. The average molecular weight is 240 g/mol. The largest absolute Gasteiger partial charge is 0.306 e. The number of Topliss-reactive ketones (excluding diaryl/α,β-unsaturated/α-hetero) is 1. The summed E-state index contributed by atoms with van der Waals surface area (Å²) in [6, 6.07) is 9.55. The van der Waals surface area contributed by atoms with Crippen LogP contribution in [-0.2, 0) is 0 Å². The molecule has 0 bridgehead atoms. The van der Waals surface area contributed by atoms with Crippen molar-refractivity contribution >= 4 is 16.7 Å². The first-order chi connectivity index (χ1) is 8.70. The topological polar surface area (TPSA) is 42.0 Å². The van der Waals surface area contributed by atoms with E-state index >= 15 is 0 Å². The maximum atomic E-state index is 11.9. The fraction of sp³-hybridized carbons (Fsp3) is 0.200. The number of rotatable bonds is 5. The van der Waals surface area contributed by atoms with Gasteiger partial charge in [0, 0.05) is 23.2 Å². The Kier molecular flexibility index (Phi) is 3.85. The van der Waals surface area contributed by atoms with E-state index in [4.69, 9.17) is 0 Å². The molecule has 0 atom stereocenters. The number of hydrogen-bond acceptors (Lipinski definition) is 3. The molecule has 0 saturated carbocycles. The van der Waals surface area contributed by atoms with Gasteiger partial charge in [-0.05, 0) is 31.2 Å². The zero-order valence-corrected chi connectivity index (χ0v) is 10.4. The molecule has 1 aromatic carbocycles. The Labute approximate surface area is 107 Å². The number of nitrogens with one attached hydrogen (secondary N) is 1. The molecule has 0 unspecified atom stereocenters. The molecule has 1 N–H and O–H groups in total. The Bertz CT molecular complexity index is 590. The van der Waals surface area contributed by atoms with E-state index in [0.29, 0.717) is 18.7 Å². The minimum Gasteiger partial charge on any atom is -0.306 e. The molecule has 0 aliphatic carbocycles. The van der Waals surface area contributed by atoms with Crippen molar-refractivity contribution in [1.82, 2.24) is 10.3 Å². The molecule has 0 saturated heterocycles. The van der Waals surface area contributed by atoms with Crippen molar-refractivity contribution in [3.05, 3.63) is 54.2 Å². The van der Waals surface area contributed by atoms with Gasteiger partial charge in [0.2, 0.25) is 0 Å². The maximum Gasteiger partial charge on any atom is 0.176 e. The lowest BCUT2D eigenvalue weighted by Gasteiger charge is -2.04. The van der Waals surface area contributed by atoms with Gasteiger partial charge >= 0.3 is 0 Å². The van der Waals surface area contributed by atoms with Gasteiger partial charge in [0.15, 0.2) is 5.78 Å². The van der Waals surface area contributed by atoms with Crippen molar-refractivity contribution in [2.75, 3.05) is 13.1 Å². The summed E-state index contributed by atoms with van der Waals surface area (Å²) < 4.78 is 0. The van der Waals surface area contributed by atoms with Crippen molar-refractivity contribution in [3.63, 3.8) is 0 Å². The lowest BCUT2D eigenvalue weighted by Crippen LogP contribution is -2.22. The fourth-order valence-electron chi connectivity index (χ4n) is 1.79. The smallest absolute Gasteiger partial charge is 0.176 e. The number of benzene rings is 1. The van der Waals surface area contributed by atoms with Crippen molar-refractivity contribution < 1.29 is 4.79 Å². The summed E-state index contributed by atoms with van der Waals surface area (Å²) in [4.78, 5) is 16.3. The highest BCUT2D eigenvalue weighted by Crippen LogP contribution is 2.15.